The van der Waals surface area contributed by atoms with Gasteiger partial charge in [-0.05, 0) is 66.1 Å². The van der Waals surface area contributed by atoms with Crippen LogP contribution in [0.5, 0.6) is 11.5 Å². The van der Waals surface area contributed by atoms with Gasteiger partial charge in [-0.3, -0.25) is 14.2 Å². The second kappa shape index (κ2) is 10.1. The number of benzene rings is 2. The van der Waals surface area contributed by atoms with E-state index >= 15 is 0 Å². The number of nitrogens with zero attached hydrogens (tertiary/aromatic N) is 3. The van der Waals surface area contributed by atoms with E-state index < -0.39 is 15.9 Å². The second-order valence-electron chi connectivity index (χ2n) is 8.81. The average molecular weight is 536 g/mol. The van der Waals surface area contributed by atoms with Gasteiger partial charge < -0.3 is 19.3 Å². The first-order valence-corrected chi connectivity index (χ1v) is 13.2. The number of hydrogen-bond acceptors (Lipinski definition) is 8. The Morgan fingerprint density at radius 2 is 1.89 bits per heavy atom. The van der Waals surface area contributed by atoms with E-state index in [1.165, 1.54) is 14.2 Å². The molecule has 2 aromatic carbocycles. The number of carbonyl (C=O) groups is 1. The van der Waals surface area contributed by atoms with Crippen LogP contribution in [0.15, 0.2) is 46.1 Å². The highest BCUT2D eigenvalue weighted by Crippen LogP contribution is 2.37. The second-order valence-corrected chi connectivity index (χ2v) is 10.5. The predicted molar refractivity (Wildman–Crippen MR) is 138 cm³/mol. The van der Waals surface area contributed by atoms with E-state index in [0.29, 0.717) is 23.3 Å². The molecule has 2 heterocycles. The van der Waals surface area contributed by atoms with Crippen LogP contribution in [0.3, 0.4) is 0 Å². The van der Waals surface area contributed by atoms with E-state index in [1.807, 2.05) is 5.92 Å². The maximum Gasteiger partial charge on any atom is 0.295 e. The van der Waals surface area contributed by atoms with E-state index in [1.54, 1.807) is 41.3 Å². The van der Waals surface area contributed by atoms with Gasteiger partial charge in [-0.15, -0.1) is 6.42 Å². The fourth-order valence-electron chi connectivity index (χ4n) is 4.55. The van der Waals surface area contributed by atoms with E-state index in [2.05, 4.69) is 20.3 Å². The van der Waals surface area contributed by atoms with Gasteiger partial charge in [0, 0.05) is 18.3 Å². The van der Waals surface area contributed by atoms with E-state index in [4.69, 9.17) is 20.4 Å². The van der Waals surface area contributed by atoms with Gasteiger partial charge in [0.1, 0.15) is 21.8 Å². The van der Waals surface area contributed by atoms with E-state index in [0.717, 1.165) is 41.5 Å². The lowest BCUT2D eigenvalue weighted by atomic mass is 10.1. The highest BCUT2D eigenvalue weighted by atomic mass is 32.2. The molecule has 0 saturated heterocycles. The van der Waals surface area contributed by atoms with Crippen LogP contribution in [-0.2, 0) is 40.7 Å². The van der Waals surface area contributed by atoms with Crippen LogP contribution in [0.25, 0.3) is 11.0 Å². The predicted octanol–water partition coefficient (Wildman–Crippen LogP) is 2.63. The standard InChI is InChI=1S/C26H25N5O6S/c1-4-24(32)27-12-17-13-28-31(15-17)14-16-8-21(36-3)25-22(9-16)37-29-26(25)30-38(33,34)23-11-19-7-5-6-18(19)10-20(23)35-2/h1,8-11,13,15H,5-7,12,14H2,2-3H3,(H,27,32)(H,29,30). The Hall–Kier alpha value is -4.50. The lowest BCUT2D eigenvalue weighted by molar-refractivity contribution is -0.115. The van der Waals surface area contributed by atoms with E-state index in [-0.39, 0.29) is 23.0 Å². The Bertz CT molecular complexity index is 1680. The largest absolute Gasteiger partial charge is 0.496 e. The first kappa shape index (κ1) is 25.2. The molecular formula is C26H25N5O6S. The topological polar surface area (TPSA) is 138 Å². The molecule has 11 nitrogen and oxygen atoms in total. The molecule has 1 aliphatic rings. The van der Waals surface area contributed by atoms with Gasteiger partial charge in [0.25, 0.3) is 15.9 Å². The molecule has 4 aromatic rings. The number of anilines is 1. The molecule has 0 unspecified atom stereocenters. The molecule has 0 aliphatic heterocycles. The van der Waals surface area contributed by atoms with Crippen LogP contribution in [0.4, 0.5) is 5.82 Å². The maximum atomic E-state index is 13.4. The van der Waals surface area contributed by atoms with Crippen LogP contribution in [0, 0.1) is 12.3 Å². The zero-order valence-corrected chi connectivity index (χ0v) is 21.6. The lowest BCUT2D eigenvalue weighted by Crippen LogP contribution is -2.20. The highest BCUT2D eigenvalue weighted by Gasteiger charge is 2.27. The van der Waals surface area contributed by atoms with Gasteiger partial charge in [-0.2, -0.15) is 5.10 Å². The molecule has 0 fully saturated rings. The molecule has 0 bridgehead atoms. The van der Waals surface area contributed by atoms with Crippen molar-refractivity contribution in [3.63, 3.8) is 0 Å². The SMILES string of the molecule is C#CC(=O)NCc1cnn(Cc2cc(OC)c3c(NS(=O)(=O)c4cc5c(cc4OC)CCC5)noc3c2)c1. The van der Waals surface area contributed by atoms with Crippen molar-refractivity contribution in [3.05, 3.63) is 58.9 Å². The van der Waals surface area contributed by atoms with Gasteiger partial charge in [-0.1, -0.05) is 5.16 Å². The van der Waals surface area contributed by atoms with Gasteiger partial charge in [-0.25, -0.2) is 8.42 Å². The summed E-state index contributed by atoms with van der Waals surface area (Å²) >= 11 is 0. The number of terminal acetylenes is 1. The van der Waals surface area contributed by atoms with Crippen LogP contribution >= 0.6 is 0 Å². The summed E-state index contributed by atoms with van der Waals surface area (Å²) in [5.74, 6) is 2.16. The molecule has 196 valence electrons. The smallest absolute Gasteiger partial charge is 0.295 e. The van der Waals surface area contributed by atoms with Crippen molar-refractivity contribution in [2.75, 3.05) is 18.9 Å². The minimum absolute atomic E-state index is 0.0107. The van der Waals surface area contributed by atoms with Crippen LogP contribution in [0.1, 0.15) is 28.7 Å². The van der Waals surface area contributed by atoms with E-state index in [9.17, 15) is 13.2 Å². The molecular weight excluding hydrogens is 510 g/mol. The van der Waals surface area contributed by atoms with Crippen LogP contribution in [0.2, 0.25) is 0 Å². The van der Waals surface area contributed by atoms with Gasteiger partial charge in [0.05, 0.1) is 27.0 Å². The monoisotopic (exact) mass is 535 g/mol. The van der Waals surface area contributed by atoms with Crippen molar-refractivity contribution >= 4 is 32.7 Å². The van der Waals surface area contributed by atoms with Gasteiger partial charge in [0.15, 0.2) is 11.4 Å². The molecule has 1 aliphatic carbocycles. The Morgan fingerprint density at radius 1 is 1.13 bits per heavy atom. The summed E-state index contributed by atoms with van der Waals surface area (Å²) in [5, 5.41) is 11.3. The van der Waals surface area contributed by atoms with Crippen LogP contribution < -0.4 is 19.5 Å². The number of fused-ring (bicyclic) bond motifs is 2. The number of methoxy groups -OCH3 is 2. The molecule has 5 rings (SSSR count). The first-order valence-electron chi connectivity index (χ1n) is 11.8. The van der Waals surface area contributed by atoms with Crippen LogP contribution in [-0.4, -0.2) is 43.5 Å². The molecule has 12 heteroatoms. The third kappa shape index (κ3) is 4.88. The molecule has 38 heavy (non-hydrogen) atoms. The number of ether oxygens (including phenoxy) is 2. The summed E-state index contributed by atoms with van der Waals surface area (Å²) in [6, 6.07) is 6.95. The number of aromatic nitrogens is 3. The number of nitrogens with one attached hydrogen (secondary N) is 2. The normalized spacial score (nSPS) is 12.7. The summed E-state index contributed by atoms with van der Waals surface area (Å²) in [7, 11) is -1.12. The summed E-state index contributed by atoms with van der Waals surface area (Å²) in [4.78, 5) is 11.3. The zero-order valence-electron chi connectivity index (χ0n) is 20.8. The molecule has 2 N–H and O–H groups in total. The first-order chi connectivity index (χ1) is 18.3. The quantitative estimate of drug-likeness (QED) is 0.312. The number of rotatable bonds is 9. The Labute approximate surface area is 219 Å². The molecule has 1 amide bonds. The molecule has 0 spiro atoms. The molecule has 0 atom stereocenters. The number of hydrogen-bond donors (Lipinski definition) is 2. The molecule has 0 radical (unpaired) electrons. The number of carbonyl (C=O) groups excluding carboxylic acids is 1. The number of amides is 1. The Balaban J connectivity index is 1.41. The van der Waals surface area contributed by atoms with Crippen molar-refractivity contribution in [3.8, 4) is 23.8 Å². The van der Waals surface area contributed by atoms with Gasteiger partial charge in [0.2, 0.25) is 0 Å². The molecule has 0 saturated carbocycles. The Kier molecular flexibility index (Phi) is 6.69. The zero-order chi connectivity index (χ0) is 26.9. The van der Waals surface area contributed by atoms with Crippen molar-refractivity contribution in [2.24, 2.45) is 0 Å². The summed E-state index contributed by atoms with van der Waals surface area (Å²) in [6.45, 7) is 0.621. The fraction of sp³-hybridized carbons (Fsp3) is 0.269. The lowest BCUT2D eigenvalue weighted by Gasteiger charge is -2.13. The fourth-order valence-corrected chi connectivity index (χ4v) is 5.76. The summed E-state index contributed by atoms with van der Waals surface area (Å²) in [5.41, 5.74) is 4.00. The summed E-state index contributed by atoms with van der Waals surface area (Å²) < 4.78 is 47.4. The van der Waals surface area contributed by atoms with Crippen molar-refractivity contribution in [1.82, 2.24) is 20.3 Å². The summed E-state index contributed by atoms with van der Waals surface area (Å²) in [6.07, 6.45) is 11.2. The number of aryl methyl sites for hydroxylation is 2. The third-order valence-corrected chi connectivity index (χ3v) is 7.69. The van der Waals surface area contributed by atoms with Gasteiger partial charge >= 0.3 is 0 Å². The van der Waals surface area contributed by atoms with Crippen molar-refractivity contribution in [2.45, 2.75) is 37.2 Å². The van der Waals surface area contributed by atoms with Crippen molar-refractivity contribution in [1.29, 1.82) is 0 Å². The molecule has 2 aromatic heterocycles. The third-order valence-electron chi connectivity index (χ3n) is 6.33. The van der Waals surface area contributed by atoms with Crippen molar-refractivity contribution < 1.29 is 27.2 Å². The highest BCUT2D eigenvalue weighted by molar-refractivity contribution is 7.92. The minimum Gasteiger partial charge on any atom is -0.496 e. The maximum absolute atomic E-state index is 13.4. The Morgan fingerprint density at radius 3 is 2.63 bits per heavy atom. The number of sulfonamides is 1. The minimum atomic E-state index is -4.04. The average Bonchev–Trinajstić information content (AvgIpc) is 3.66.